The van der Waals surface area contributed by atoms with Gasteiger partial charge in [-0.05, 0) is 19.4 Å². The van der Waals surface area contributed by atoms with Crippen molar-refractivity contribution in [3.8, 4) is 0 Å². The van der Waals surface area contributed by atoms with Crippen molar-refractivity contribution in [1.29, 1.82) is 0 Å². The monoisotopic (exact) mass is 306 g/mol. The molecule has 0 spiro atoms. The Kier molecular flexibility index (Phi) is 3.49. The highest BCUT2D eigenvalue weighted by molar-refractivity contribution is 6.20. The van der Waals surface area contributed by atoms with Crippen LogP contribution in [0.3, 0.4) is 0 Å². The highest BCUT2D eigenvalue weighted by atomic mass is 35.5. The maximum absolute atomic E-state index is 6.32. The molecule has 0 aliphatic rings. The van der Waals surface area contributed by atoms with Gasteiger partial charge < -0.3 is 4.57 Å². The molecule has 0 radical (unpaired) electrons. The summed E-state index contributed by atoms with van der Waals surface area (Å²) in [6.45, 7) is 4.67. The minimum Gasteiger partial charge on any atom is -0.305 e. The van der Waals surface area contributed by atoms with Gasteiger partial charge in [-0.3, -0.25) is 9.36 Å². The van der Waals surface area contributed by atoms with Crippen molar-refractivity contribution in [2.75, 3.05) is 0 Å². The largest absolute Gasteiger partial charge is 0.305 e. The fraction of sp³-hybridized carbons (Fsp3) is 0.500. The van der Waals surface area contributed by atoms with Crippen LogP contribution >= 0.6 is 11.6 Å². The van der Waals surface area contributed by atoms with E-state index in [1.807, 2.05) is 38.0 Å². The lowest BCUT2D eigenvalue weighted by atomic mass is 10.3. The van der Waals surface area contributed by atoms with Crippen LogP contribution in [-0.4, -0.2) is 29.1 Å². The number of imidazole rings is 1. The fourth-order valence-electron chi connectivity index (χ4n) is 2.67. The van der Waals surface area contributed by atoms with Crippen LogP contribution < -0.4 is 0 Å². The van der Waals surface area contributed by atoms with E-state index in [0.29, 0.717) is 6.54 Å². The van der Waals surface area contributed by atoms with Crippen LogP contribution in [0.4, 0.5) is 0 Å². The molecule has 112 valence electrons. The summed E-state index contributed by atoms with van der Waals surface area (Å²) in [5.41, 5.74) is 3.93. The van der Waals surface area contributed by atoms with Gasteiger partial charge in [-0.15, -0.1) is 11.6 Å². The van der Waals surface area contributed by atoms with Crippen LogP contribution in [0.2, 0.25) is 0 Å². The fourth-order valence-corrected chi connectivity index (χ4v) is 2.83. The van der Waals surface area contributed by atoms with Crippen LogP contribution in [0.25, 0.3) is 11.2 Å². The molecule has 7 heteroatoms. The first-order valence-corrected chi connectivity index (χ1v) is 7.49. The van der Waals surface area contributed by atoms with Gasteiger partial charge in [0.05, 0.1) is 23.3 Å². The molecule has 0 fully saturated rings. The molecular weight excluding hydrogens is 288 g/mol. The number of rotatable bonds is 4. The summed E-state index contributed by atoms with van der Waals surface area (Å²) in [4.78, 5) is 4.72. The number of halogens is 1. The molecule has 0 aliphatic heterocycles. The number of nitrogens with zero attached hydrogens (tertiary/aromatic N) is 6. The summed E-state index contributed by atoms with van der Waals surface area (Å²) in [5.74, 6) is 0.861. The molecule has 0 saturated carbocycles. The first kappa shape index (κ1) is 14.1. The summed E-state index contributed by atoms with van der Waals surface area (Å²) in [6.07, 6.45) is 2.79. The summed E-state index contributed by atoms with van der Waals surface area (Å²) < 4.78 is 5.79. The number of hydrogen-bond donors (Lipinski definition) is 0. The number of alkyl halides is 1. The second kappa shape index (κ2) is 5.18. The highest BCUT2D eigenvalue weighted by Gasteiger charge is 2.21. The third-order valence-corrected chi connectivity index (χ3v) is 3.80. The minimum atomic E-state index is -0.161. The molecule has 0 aromatic carbocycles. The van der Waals surface area contributed by atoms with Crippen molar-refractivity contribution >= 4 is 22.8 Å². The molecule has 0 N–H and O–H groups in total. The molecule has 21 heavy (non-hydrogen) atoms. The second-order valence-corrected chi connectivity index (χ2v) is 5.90. The third kappa shape index (κ3) is 2.33. The predicted molar refractivity (Wildman–Crippen MR) is 82.5 cm³/mol. The van der Waals surface area contributed by atoms with Crippen molar-refractivity contribution in [3.63, 3.8) is 0 Å². The van der Waals surface area contributed by atoms with Gasteiger partial charge in [-0.2, -0.15) is 10.2 Å². The van der Waals surface area contributed by atoms with E-state index in [1.165, 1.54) is 0 Å². The molecule has 1 unspecified atom stereocenters. The quantitative estimate of drug-likeness (QED) is 0.696. The molecule has 0 aliphatic carbocycles. The lowest BCUT2D eigenvalue weighted by molar-refractivity contribution is 0.659. The van der Waals surface area contributed by atoms with Crippen LogP contribution in [0.1, 0.15) is 36.4 Å². The summed E-state index contributed by atoms with van der Waals surface area (Å²) in [6, 6.07) is 2.01. The van der Waals surface area contributed by atoms with Gasteiger partial charge in [0.1, 0.15) is 11.3 Å². The van der Waals surface area contributed by atoms with Crippen LogP contribution in [0, 0.1) is 0 Å². The lowest BCUT2D eigenvalue weighted by Gasteiger charge is -2.09. The summed E-state index contributed by atoms with van der Waals surface area (Å²) in [5, 5.41) is 8.82. The minimum absolute atomic E-state index is 0.161. The Balaban J connectivity index is 2.18. The van der Waals surface area contributed by atoms with Crippen LogP contribution in [-0.2, 0) is 27.1 Å². The van der Waals surface area contributed by atoms with Gasteiger partial charge in [-0.1, -0.05) is 6.92 Å². The highest BCUT2D eigenvalue weighted by Crippen LogP contribution is 2.27. The molecular formula is C14H19ClN6. The molecule has 3 rings (SSSR count). The van der Waals surface area contributed by atoms with E-state index in [1.54, 1.807) is 4.68 Å². The molecule has 3 heterocycles. The van der Waals surface area contributed by atoms with E-state index in [4.69, 9.17) is 16.6 Å². The van der Waals surface area contributed by atoms with E-state index in [-0.39, 0.29) is 5.38 Å². The normalized spacial score (nSPS) is 13.2. The maximum atomic E-state index is 6.32. The van der Waals surface area contributed by atoms with Gasteiger partial charge in [-0.25, -0.2) is 4.98 Å². The van der Waals surface area contributed by atoms with Gasteiger partial charge in [0, 0.05) is 20.3 Å². The van der Waals surface area contributed by atoms with Crippen molar-refractivity contribution < 1.29 is 0 Å². The van der Waals surface area contributed by atoms with Crippen molar-refractivity contribution in [2.45, 2.75) is 32.2 Å². The second-order valence-electron chi connectivity index (χ2n) is 5.25. The Labute approximate surface area is 128 Å². The first-order valence-electron chi connectivity index (χ1n) is 7.05. The van der Waals surface area contributed by atoms with Gasteiger partial charge in [0.15, 0.2) is 5.65 Å². The van der Waals surface area contributed by atoms with Crippen molar-refractivity contribution in [2.24, 2.45) is 14.1 Å². The average molecular weight is 307 g/mol. The molecule has 0 bridgehead atoms. The smallest absolute Gasteiger partial charge is 0.159 e. The molecule has 0 saturated heterocycles. The topological polar surface area (TPSA) is 53.5 Å². The Morgan fingerprint density at radius 3 is 2.62 bits per heavy atom. The molecule has 3 aromatic rings. The summed E-state index contributed by atoms with van der Waals surface area (Å²) in [7, 11) is 3.86. The standard InChI is InChI=1S/C14H19ClN6/c1-5-11-12-14(20(4)18-11)21(13(16-12)9(2)15)8-10-6-7-19(3)17-10/h6-7,9H,5,8H2,1-4H3. The number of fused-ring (bicyclic) bond motifs is 1. The molecule has 3 aromatic heterocycles. The zero-order valence-corrected chi connectivity index (χ0v) is 13.5. The van der Waals surface area contributed by atoms with E-state index in [0.717, 1.165) is 34.8 Å². The maximum Gasteiger partial charge on any atom is 0.159 e. The first-order chi connectivity index (χ1) is 10.0. The zero-order chi connectivity index (χ0) is 15.1. The SMILES string of the molecule is CCc1nn(C)c2c1nc(C(C)Cl)n2Cc1ccn(C)n1. The Morgan fingerprint density at radius 2 is 2.05 bits per heavy atom. The predicted octanol–water partition coefficient (Wildman–Crippen LogP) is 2.41. The van der Waals surface area contributed by atoms with Crippen LogP contribution in [0.15, 0.2) is 12.3 Å². The Hall–Kier alpha value is -1.82. The Bertz CT molecular complexity index is 779. The number of aryl methyl sites for hydroxylation is 3. The van der Waals surface area contributed by atoms with Gasteiger partial charge in [0.25, 0.3) is 0 Å². The molecule has 6 nitrogen and oxygen atoms in total. The summed E-state index contributed by atoms with van der Waals surface area (Å²) >= 11 is 6.32. The van der Waals surface area contributed by atoms with Crippen LogP contribution in [0.5, 0.6) is 0 Å². The van der Waals surface area contributed by atoms with E-state index in [2.05, 4.69) is 21.7 Å². The molecule has 0 amide bonds. The average Bonchev–Trinajstić information content (AvgIpc) is 3.07. The number of hydrogen-bond acceptors (Lipinski definition) is 3. The van der Waals surface area contributed by atoms with E-state index < -0.39 is 0 Å². The van der Waals surface area contributed by atoms with Gasteiger partial charge in [0.2, 0.25) is 0 Å². The Morgan fingerprint density at radius 1 is 1.29 bits per heavy atom. The molecule has 1 atom stereocenters. The van der Waals surface area contributed by atoms with E-state index >= 15 is 0 Å². The van der Waals surface area contributed by atoms with E-state index in [9.17, 15) is 0 Å². The van der Waals surface area contributed by atoms with Gasteiger partial charge >= 0.3 is 0 Å². The van der Waals surface area contributed by atoms with Crippen molar-refractivity contribution in [1.82, 2.24) is 29.1 Å². The number of aromatic nitrogens is 6. The lowest BCUT2D eigenvalue weighted by Crippen LogP contribution is -2.09. The third-order valence-electron chi connectivity index (χ3n) is 3.60. The zero-order valence-electron chi connectivity index (χ0n) is 12.7. The van der Waals surface area contributed by atoms with Crippen molar-refractivity contribution in [3.05, 3.63) is 29.5 Å².